The molecule has 0 fully saturated rings. The zero-order valence-corrected chi connectivity index (χ0v) is 21.3. The van der Waals surface area contributed by atoms with E-state index in [9.17, 15) is 9.59 Å². The molecule has 1 aromatic heterocycles. The first kappa shape index (κ1) is 26.2. The van der Waals surface area contributed by atoms with Crippen LogP contribution in [0.15, 0.2) is 91.1 Å². The molecular formula is C31H35N3O3. The van der Waals surface area contributed by atoms with Crippen LogP contribution in [0, 0.1) is 0 Å². The van der Waals surface area contributed by atoms with Crippen LogP contribution in [0.1, 0.15) is 29.5 Å². The number of hydrogen-bond acceptors (Lipinski definition) is 4. The monoisotopic (exact) mass is 497 g/mol. The molecule has 6 heteroatoms. The first-order valence-corrected chi connectivity index (χ1v) is 12.8. The molecular weight excluding hydrogens is 462 g/mol. The van der Waals surface area contributed by atoms with Crippen molar-refractivity contribution >= 4 is 22.8 Å². The number of nitrogens with one attached hydrogen (secondary N) is 3. The molecule has 0 radical (unpaired) electrons. The minimum atomic E-state index is -1.16. The van der Waals surface area contributed by atoms with Gasteiger partial charge in [0.2, 0.25) is 5.91 Å². The molecule has 3 aromatic carbocycles. The van der Waals surface area contributed by atoms with Crippen molar-refractivity contribution in [3.63, 3.8) is 0 Å². The summed E-state index contributed by atoms with van der Waals surface area (Å²) < 4.78 is 5.23. The van der Waals surface area contributed by atoms with E-state index < -0.39 is 11.5 Å². The van der Waals surface area contributed by atoms with Crippen molar-refractivity contribution in [1.82, 2.24) is 15.6 Å². The number of ether oxygens (including phenoxy) is 1. The van der Waals surface area contributed by atoms with Gasteiger partial charge in [0.05, 0.1) is 7.11 Å². The quantitative estimate of drug-likeness (QED) is 0.186. The molecule has 192 valence electrons. The molecule has 1 unspecified atom stereocenters. The summed E-state index contributed by atoms with van der Waals surface area (Å²) in [7, 11) is 1.38. The second-order valence-corrected chi connectivity index (χ2v) is 9.38. The average molecular weight is 498 g/mol. The molecule has 0 spiro atoms. The van der Waals surface area contributed by atoms with Gasteiger partial charge in [0, 0.05) is 29.9 Å². The first-order valence-electron chi connectivity index (χ1n) is 12.8. The molecule has 0 saturated carbocycles. The summed E-state index contributed by atoms with van der Waals surface area (Å²) >= 11 is 0. The number of rotatable bonds is 13. The van der Waals surface area contributed by atoms with Crippen LogP contribution in [0.25, 0.3) is 10.9 Å². The molecule has 1 atom stereocenters. The van der Waals surface area contributed by atoms with Crippen molar-refractivity contribution in [2.75, 3.05) is 20.2 Å². The van der Waals surface area contributed by atoms with E-state index in [4.69, 9.17) is 4.74 Å². The summed E-state index contributed by atoms with van der Waals surface area (Å²) in [5.41, 5.74) is 3.28. The summed E-state index contributed by atoms with van der Waals surface area (Å²) in [4.78, 5) is 29.6. The van der Waals surface area contributed by atoms with Crippen LogP contribution < -0.4 is 10.6 Å². The SMILES string of the molecule is COC(=O)C(CCNCCc1c[nH]c2ccccc12)(Cc1ccccc1)NC(=O)CCc1ccccc1. The average Bonchev–Trinajstić information content (AvgIpc) is 3.35. The predicted molar refractivity (Wildman–Crippen MR) is 147 cm³/mol. The Morgan fingerprint density at radius 2 is 1.51 bits per heavy atom. The largest absolute Gasteiger partial charge is 0.467 e. The van der Waals surface area contributed by atoms with Gasteiger partial charge in [-0.3, -0.25) is 4.79 Å². The van der Waals surface area contributed by atoms with Crippen LogP contribution in [0.5, 0.6) is 0 Å². The van der Waals surface area contributed by atoms with E-state index in [1.807, 2.05) is 79.0 Å². The minimum Gasteiger partial charge on any atom is -0.467 e. The molecule has 6 nitrogen and oxygen atoms in total. The molecule has 4 aromatic rings. The van der Waals surface area contributed by atoms with Crippen molar-refractivity contribution in [2.24, 2.45) is 0 Å². The van der Waals surface area contributed by atoms with Gasteiger partial charge in [-0.25, -0.2) is 4.79 Å². The second kappa shape index (κ2) is 12.9. The fourth-order valence-corrected chi connectivity index (χ4v) is 4.78. The van der Waals surface area contributed by atoms with Gasteiger partial charge in [0.15, 0.2) is 0 Å². The van der Waals surface area contributed by atoms with Crippen molar-refractivity contribution in [3.05, 3.63) is 108 Å². The fourth-order valence-electron chi connectivity index (χ4n) is 4.78. The Bertz CT molecular complexity index is 1290. The Morgan fingerprint density at radius 1 is 0.838 bits per heavy atom. The molecule has 0 bridgehead atoms. The Balaban J connectivity index is 1.41. The summed E-state index contributed by atoms with van der Waals surface area (Å²) in [5, 5.41) is 7.76. The van der Waals surface area contributed by atoms with Gasteiger partial charge < -0.3 is 20.4 Å². The van der Waals surface area contributed by atoms with Crippen LogP contribution in [0.3, 0.4) is 0 Å². The normalized spacial score (nSPS) is 12.7. The molecule has 37 heavy (non-hydrogen) atoms. The van der Waals surface area contributed by atoms with Crippen LogP contribution >= 0.6 is 0 Å². The van der Waals surface area contributed by atoms with Crippen LogP contribution in [-0.2, 0) is 33.6 Å². The zero-order chi connectivity index (χ0) is 25.9. The summed E-state index contributed by atoms with van der Waals surface area (Å²) in [5.74, 6) is -0.591. The maximum absolute atomic E-state index is 13.2. The van der Waals surface area contributed by atoms with E-state index in [2.05, 4.69) is 27.8 Å². The topological polar surface area (TPSA) is 83.2 Å². The number of esters is 1. The van der Waals surface area contributed by atoms with E-state index in [-0.39, 0.29) is 5.91 Å². The zero-order valence-electron chi connectivity index (χ0n) is 21.3. The van der Waals surface area contributed by atoms with Crippen molar-refractivity contribution in [3.8, 4) is 0 Å². The number of amides is 1. The van der Waals surface area contributed by atoms with Crippen molar-refractivity contribution in [2.45, 2.75) is 37.6 Å². The summed E-state index contributed by atoms with van der Waals surface area (Å²) in [6.07, 6.45) is 4.59. The third-order valence-corrected chi connectivity index (χ3v) is 6.76. The molecule has 3 N–H and O–H groups in total. The standard InChI is InChI=1S/C31H35N3O3/c1-37-30(36)31(22-25-12-6-3-7-13-25,34-29(35)17-16-24-10-4-2-5-11-24)19-21-32-20-18-26-23-33-28-15-9-8-14-27(26)28/h2-15,23,32-33H,16-22H2,1H3,(H,34,35). The first-order chi connectivity index (χ1) is 18.1. The molecule has 0 aliphatic heterocycles. The fraction of sp³-hybridized carbons (Fsp3) is 0.290. The lowest BCUT2D eigenvalue weighted by molar-refractivity contribution is -0.151. The molecule has 4 rings (SSSR count). The smallest absolute Gasteiger partial charge is 0.331 e. The van der Waals surface area contributed by atoms with Crippen molar-refractivity contribution < 1.29 is 14.3 Å². The predicted octanol–water partition coefficient (Wildman–Crippen LogP) is 4.59. The Kier molecular flexibility index (Phi) is 9.11. The highest BCUT2D eigenvalue weighted by Gasteiger charge is 2.40. The third-order valence-electron chi connectivity index (χ3n) is 6.76. The van der Waals surface area contributed by atoms with Crippen LogP contribution in [0.4, 0.5) is 0 Å². The van der Waals surface area contributed by atoms with Crippen LogP contribution in [-0.4, -0.2) is 42.6 Å². The number of para-hydroxylation sites is 1. The van der Waals surface area contributed by atoms with E-state index in [0.29, 0.717) is 32.2 Å². The van der Waals surface area contributed by atoms with Gasteiger partial charge in [-0.15, -0.1) is 0 Å². The lowest BCUT2D eigenvalue weighted by Gasteiger charge is -2.32. The summed E-state index contributed by atoms with van der Waals surface area (Å²) in [6.45, 7) is 1.32. The molecule has 0 aliphatic carbocycles. The Morgan fingerprint density at radius 3 is 2.24 bits per heavy atom. The second-order valence-electron chi connectivity index (χ2n) is 9.38. The lowest BCUT2D eigenvalue weighted by Crippen LogP contribution is -2.58. The highest BCUT2D eigenvalue weighted by atomic mass is 16.5. The van der Waals surface area contributed by atoms with Gasteiger partial charge in [-0.05, 0) is 55.1 Å². The molecule has 1 heterocycles. The maximum atomic E-state index is 13.2. The number of aryl methyl sites for hydroxylation is 1. The number of H-pyrrole nitrogens is 1. The highest BCUT2D eigenvalue weighted by molar-refractivity contribution is 5.88. The van der Waals surface area contributed by atoms with E-state index in [1.165, 1.54) is 18.1 Å². The number of hydrogen-bond donors (Lipinski definition) is 3. The number of carbonyl (C=O) groups is 2. The van der Waals surface area contributed by atoms with Gasteiger partial charge in [-0.2, -0.15) is 0 Å². The molecule has 0 saturated heterocycles. The summed E-state index contributed by atoms with van der Waals surface area (Å²) in [6, 6.07) is 27.9. The number of carbonyl (C=O) groups excluding carboxylic acids is 2. The number of aromatic nitrogens is 1. The van der Waals surface area contributed by atoms with Gasteiger partial charge in [-0.1, -0.05) is 78.9 Å². The Hall–Kier alpha value is -3.90. The maximum Gasteiger partial charge on any atom is 0.331 e. The van der Waals surface area contributed by atoms with Crippen LogP contribution in [0.2, 0.25) is 0 Å². The number of benzene rings is 3. The van der Waals surface area contributed by atoms with Gasteiger partial charge >= 0.3 is 5.97 Å². The minimum absolute atomic E-state index is 0.163. The lowest BCUT2D eigenvalue weighted by atomic mass is 9.86. The number of fused-ring (bicyclic) bond motifs is 1. The van der Waals surface area contributed by atoms with Gasteiger partial charge in [0.25, 0.3) is 0 Å². The van der Waals surface area contributed by atoms with E-state index in [1.54, 1.807) is 0 Å². The number of aromatic amines is 1. The van der Waals surface area contributed by atoms with Gasteiger partial charge in [0.1, 0.15) is 5.54 Å². The Labute approximate surface area is 218 Å². The highest BCUT2D eigenvalue weighted by Crippen LogP contribution is 2.21. The molecule has 1 amide bonds. The van der Waals surface area contributed by atoms with Crippen molar-refractivity contribution in [1.29, 1.82) is 0 Å². The number of methoxy groups -OCH3 is 1. The third kappa shape index (κ3) is 7.08. The molecule has 0 aliphatic rings. The van der Waals surface area contributed by atoms with E-state index >= 15 is 0 Å². The van der Waals surface area contributed by atoms with E-state index in [0.717, 1.165) is 29.6 Å².